The molecule has 118 valence electrons. The third kappa shape index (κ3) is 5.74. The second-order valence-corrected chi connectivity index (χ2v) is 6.55. The fourth-order valence-corrected chi connectivity index (χ4v) is 2.71. The van der Waals surface area contributed by atoms with Gasteiger partial charge in [-0.1, -0.05) is 40.7 Å². The predicted octanol–water partition coefficient (Wildman–Crippen LogP) is 5.03. The van der Waals surface area contributed by atoms with Crippen molar-refractivity contribution in [1.82, 2.24) is 0 Å². The average Bonchev–Trinajstić information content (AvgIpc) is 2.36. The molecule has 0 saturated heterocycles. The largest absolute Gasteiger partial charge is 0.382 e. The highest BCUT2D eigenvalue weighted by Crippen LogP contribution is 2.26. The Morgan fingerprint density at radius 3 is 2.14 bits per heavy atom. The van der Waals surface area contributed by atoms with E-state index in [-0.39, 0.29) is 10.6 Å². The van der Waals surface area contributed by atoms with Gasteiger partial charge in [0, 0.05) is 23.4 Å². The summed E-state index contributed by atoms with van der Waals surface area (Å²) >= 11 is 0. The van der Waals surface area contributed by atoms with Crippen LogP contribution in [-0.4, -0.2) is 11.0 Å². The molecule has 0 unspecified atom stereocenters. The van der Waals surface area contributed by atoms with E-state index in [4.69, 9.17) is 0 Å². The van der Waals surface area contributed by atoms with E-state index >= 15 is 0 Å². The third-order valence-electron chi connectivity index (χ3n) is 3.55. The van der Waals surface area contributed by atoms with Crippen molar-refractivity contribution >= 4 is 11.4 Å². The van der Waals surface area contributed by atoms with Crippen LogP contribution in [0.1, 0.15) is 53.0 Å². The van der Waals surface area contributed by atoms with E-state index in [1.807, 2.05) is 19.1 Å². The summed E-state index contributed by atoms with van der Waals surface area (Å²) in [4.78, 5) is 10.9. The van der Waals surface area contributed by atoms with Gasteiger partial charge in [0.2, 0.25) is 0 Å². The number of aryl methyl sites for hydroxylation is 1. The van der Waals surface area contributed by atoms with Crippen molar-refractivity contribution in [2.75, 3.05) is 5.32 Å². The average molecular weight is 292 g/mol. The highest BCUT2D eigenvalue weighted by molar-refractivity contribution is 5.55. The lowest BCUT2D eigenvalue weighted by Gasteiger charge is -2.23. The standard InChI is InChI=1S/C17H28N2O2/c1-6-14-7-8-15(11-17(14)19(20)21)18-16(9-12(2)3)10-13(4)5/h7-8,11-13,16,18H,6,9-10H2,1-5H3. The Kier molecular flexibility index (Phi) is 6.66. The van der Waals surface area contributed by atoms with E-state index < -0.39 is 0 Å². The molecule has 0 saturated carbocycles. The van der Waals surface area contributed by atoms with E-state index in [0.29, 0.717) is 24.3 Å². The van der Waals surface area contributed by atoms with Crippen molar-refractivity contribution in [3.05, 3.63) is 33.9 Å². The van der Waals surface area contributed by atoms with Crippen molar-refractivity contribution in [3.63, 3.8) is 0 Å². The zero-order valence-corrected chi connectivity index (χ0v) is 13.8. The predicted molar refractivity (Wildman–Crippen MR) is 88.8 cm³/mol. The van der Waals surface area contributed by atoms with Crippen molar-refractivity contribution in [1.29, 1.82) is 0 Å². The summed E-state index contributed by atoms with van der Waals surface area (Å²) in [5.74, 6) is 1.21. The number of benzene rings is 1. The van der Waals surface area contributed by atoms with Gasteiger partial charge in [-0.05, 0) is 37.2 Å². The summed E-state index contributed by atoms with van der Waals surface area (Å²) in [6.07, 6.45) is 2.82. The van der Waals surface area contributed by atoms with Crippen LogP contribution in [0.4, 0.5) is 11.4 Å². The molecular weight excluding hydrogens is 264 g/mol. The van der Waals surface area contributed by atoms with E-state index in [1.54, 1.807) is 6.07 Å². The minimum atomic E-state index is -0.288. The highest BCUT2D eigenvalue weighted by Gasteiger charge is 2.16. The Morgan fingerprint density at radius 2 is 1.71 bits per heavy atom. The third-order valence-corrected chi connectivity index (χ3v) is 3.55. The maximum absolute atomic E-state index is 11.2. The van der Waals surface area contributed by atoms with Gasteiger partial charge >= 0.3 is 0 Å². The van der Waals surface area contributed by atoms with Gasteiger partial charge in [0.25, 0.3) is 5.69 Å². The number of rotatable bonds is 8. The Bertz CT molecular complexity index is 460. The maximum Gasteiger partial charge on any atom is 0.274 e. The molecule has 0 aliphatic rings. The Balaban J connectivity index is 2.92. The first kappa shape index (κ1) is 17.5. The van der Waals surface area contributed by atoms with Crippen LogP contribution in [0.3, 0.4) is 0 Å². The monoisotopic (exact) mass is 292 g/mol. The van der Waals surface area contributed by atoms with Crippen LogP contribution in [0, 0.1) is 22.0 Å². The number of nitrogens with zero attached hydrogens (tertiary/aromatic N) is 1. The molecule has 0 amide bonds. The second kappa shape index (κ2) is 8.01. The van der Waals surface area contributed by atoms with Crippen molar-refractivity contribution in [2.45, 2.75) is 59.9 Å². The molecule has 0 spiro atoms. The second-order valence-electron chi connectivity index (χ2n) is 6.55. The number of nitro benzene ring substituents is 1. The fraction of sp³-hybridized carbons (Fsp3) is 0.647. The van der Waals surface area contributed by atoms with Crippen LogP contribution in [0.15, 0.2) is 18.2 Å². The van der Waals surface area contributed by atoms with Crippen LogP contribution in [0.25, 0.3) is 0 Å². The molecule has 0 fully saturated rings. The lowest BCUT2D eigenvalue weighted by atomic mass is 9.95. The van der Waals surface area contributed by atoms with Crippen LogP contribution in [0.2, 0.25) is 0 Å². The van der Waals surface area contributed by atoms with E-state index in [0.717, 1.165) is 24.1 Å². The van der Waals surface area contributed by atoms with Crippen molar-refractivity contribution < 1.29 is 4.92 Å². The first-order chi connectivity index (χ1) is 9.83. The summed E-state index contributed by atoms with van der Waals surface area (Å²) in [6.45, 7) is 10.8. The molecule has 1 rings (SSSR count). The number of hydrogen-bond acceptors (Lipinski definition) is 3. The summed E-state index contributed by atoms with van der Waals surface area (Å²) < 4.78 is 0. The van der Waals surface area contributed by atoms with E-state index in [9.17, 15) is 10.1 Å². The molecule has 1 aromatic carbocycles. The van der Waals surface area contributed by atoms with Gasteiger partial charge in [-0.15, -0.1) is 0 Å². The summed E-state index contributed by atoms with van der Waals surface area (Å²) in [6, 6.07) is 5.85. The molecule has 4 nitrogen and oxygen atoms in total. The van der Waals surface area contributed by atoms with Gasteiger partial charge in [-0.3, -0.25) is 10.1 Å². The zero-order valence-electron chi connectivity index (χ0n) is 13.8. The molecule has 0 radical (unpaired) electrons. The van der Waals surface area contributed by atoms with E-state index in [2.05, 4.69) is 33.0 Å². The number of nitrogens with one attached hydrogen (secondary N) is 1. The minimum absolute atomic E-state index is 0.218. The van der Waals surface area contributed by atoms with Crippen LogP contribution in [-0.2, 0) is 6.42 Å². The lowest BCUT2D eigenvalue weighted by molar-refractivity contribution is -0.385. The normalized spacial score (nSPS) is 11.4. The van der Waals surface area contributed by atoms with Crippen molar-refractivity contribution in [2.24, 2.45) is 11.8 Å². The summed E-state index contributed by atoms with van der Waals surface area (Å²) in [5, 5.41) is 14.6. The topological polar surface area (TPSA) is 55.2 Å². The molecule has 1 N–H and O–H groups in total. The first-order valence-corrected chi connectivity index (χ1v) is 7.87. The van der Waals surface area contributed by atoms with E-state index in [1.165, 1.54) is 0 Å². The number of nitro groups is 1. The summed E-state index contributed by atoms with van der Waals surface area (Å²) in [5.41, 5.74) is 1.86. The van der Waals surface area contributed by atoms with Gasteiger partial charge in [0.1, 0.15) is 0 Å². The molecular formula is C17H28N2O2. The Labute approximate surface area is 128 Å². The van der Waals surface area contributed by atoms with Gasteiger partial charge in [0.15, 0.2) is 0 Å². The molecule has 0 bridgehead atoms. The number of anilines is 1. The van der Waals surface area contributed by atoms with Crippen LogP contribution >= 0.6 is 0 Å². The molecule has 0 aromatic heterocycles. The fourth-order valence-electron chi connectivity index (χ4n) is 2.71. The van der Waals surface area contributed by atoms with Gasteiger partial charge < -0.3 is 5.32 Å². The van der Waals surface area contributed by atoms with Crippen molar-refractivity contribution in [3.8, 4) is 0 Å². The van der Waals surface area contributed by atoms with Crippen LogP contribution < -0.4 is 5.32 Å². The molecule has 4 heteroatoms. The zero-order chi connectivity index (χ0) is 16.0. The number of hydrogen-bond donors (Lipinski definition) is 1. The molecule has 0 atom stereocenters. The van der Waals surface area contributed by atoms with Gasteiger partial charge in [0.05, 0.1) is 4.92 Å². The van der Waals surface area contributed by atoms with Gasteiger partial charge in [-0.2, -0.15) is 0 Å². The lowest BCUT2D eigenvalue weighted by Crippen LogP contribution is -2.23. The molecule has 21 heavy (non-hydrogen) atoms. The SMILES string of the molecule is CCc1ccc(NC(CC(C)C)CC(C)C)cc1[N+](=O)[O-]. The minimum Gasteiger partial charge on any atom is -0.382 e. The quantitative estimate of drug-likeness (QED) is 0.540. The highest BCUT2D eigenvalue weighted by atomic mass is 16.6. The Hall–Kier alpha value is -1.58. The summed E-state index contributed by atoms with van der Waals surface area (Å²) in [7, 11) is 0. The smallest absolute Gasteiger partial charge is 0.274 e. The van der Waals surface area contributed by atoms with Gasteiger partial charge in [-0.25, -0.2) is 0 Å². The Morgan fingerprint density at radius 1 is 1.14 bits per heavy atom. The molecule has 0 aliphatic heterocycles. The first-order valence-electron chi connectivity index (χ1n) is 7.87. The van der Waals surface area contributed by atoms with Crippen LogP contribution in [0.5, 0.6) is 0 Å². The maximum atomic E-state index is 11.2. The molecule has 0 aliphatic carbocycles. The molecule has 1 aromatic rings. The molecule has 0 heterocycles.